The number of hydrogen-bond donors (Lipinski definition) is 3. The highest BCUT2D eigenvalue weighted by atomic mass is 32.2. The molecule has 0 heterocycles. The predicted octanol–water partition coefficient (Wildman–Crippen LogP) is 0.596. The number of halogens is 2. The van der Waals surface area contributed by atoms with Crippen LogP contribution in [0.4, 0.5) is 14.5 Å². The van der Waals surface area contributed by atoms with Crippen LogP contribution in [0.1, 0.15) is 13.8 Å². The molecule has 4 N–H and O–H groups in total. The second-order valence-electron chi connectivity index (χ2n) is 4.44. The van der Waals surface area contributed by atoms with E-state index in [1.54, 1.807) is 0 Å². The number of hydrogen-bond acceptors (Lipinski definition) is 4. The van der Waals surface area contributed by atoms with Gasteiger partial charge in [0, 0.05) is 12.6 Å². The first-order valence-corrected chi connectivity index (χ1v) is 6.48. The van der Waals surface area contributed by atoms with Crippen molar-refractivity contribution in [3.8, 4) is 0 Å². The van der Waals surface area contributed by atoms with Gasteiger partial charge in [0.2, 0.25) is 10.0 Å². The number of nitrogens with one attached hydrogen (secondary N) is 1. The van der Waals surface area contributed by atoms with Gasteiger partial charge in [-0.1, -0.05) is 0 Å². The molecule has 0 saturated heterocycles. The summed E-state index contributed by atoms with van der Waals surface area (Å²) >= 11 is 0. The van der Waals surface area contributed by atoms with Crippen LogP contribution in [0, 0.1) is 11.6 Å². The van der Waals surface area contributed by atoms with E-state index in [2.05, 4.69) is 0 Å². The van der Waals surface area contributed by atoms with Crippen molar-refractivity contribution >= 4 is 15.7 Å². The number of rotatable bonds is 4. The Morgan fingerprint density at radius 1 is 1.33 bits per heavy atom. The van der Waals surface area contributed by atoms with E-state index < -0.39 is 37.8 Å². The molecule has 0 aliphatic rings. The number of sulfonamides is 1. The molecule has 1 aromatic carbocycles. The van der Waals surface area contributed by atoms with Gasteiger partial charge in [0.05, 0.1) is 11.3 Å². The summed E-state index contributed by atoms with van der Waals surface area (Å²) in [6.45, 7) is 2.45. The summed E-state index contributed by atoms with van der Waals surface area (Å²) in [4.78, 5) is -0.759. The second-order valence-corrected chi connectivity index (χ2v) is 6.18. The van der Waals surface area contributed by atoms with Crippen molar-refractivity contribution in [3.63, 3.8) is 0 Å². The van der Waals surface area contributed by atoms with Crippen LogP contribution in [-0.4, -0.2) is 25.7 Å². The van der Waals surface area contributed by atoms with Gasteiger partial charge in [-0.25, -0.2) is 21.9 Å². The lowest BCUT2D eigenvalue weighted by Crippen LogP contribution is -2.38. The largest absolute Gasteiger partial charge is 0.396 e. The summed E-state index contributed by atoms with van der Waals surface area (Å²) in [6, 6.07) is 1.09. The first-order valence-electron chi connectivity index (χ1n) is 4.99. The monoisotopic (exact) mass is 280 g/mol. The van der Waals surface area contributed by atoms with E-state index in [-0.39, 0.29) is 6.54 Å². The third-order valence-corrected chi connectivity index (χ3v) is 3.45. The van der Waals surface area contributed by atoms with Gasteiger partial charge in [-0.3, -0.25) is 0 Å². The maximum absolute atomic E-state index is 13.4. The van der Waals surface area contributed by atoms with E-state index >= 15 is 0 Å². The molecule has 1 aromatic rings. The van der Waals surface area contributed by atoms with Crippen molar-refractivity contribution in [2.75, 3.05) is 12.3 Å². The number of anilines is 1. The van der Waals surface area contributed by atoms with E-state index in [1.807, 2.05) is 4.72 Å². The van der Waals surface area contributed by atoms with Crippen LogP contribution in [0.25, 0.3) is 0 Å². The molecule has 0 aromatic heterocycles. The van der Waals surface area contributed by atoms with Crippen LogP contribution in [0.2, 0.25) is 0 Å². The Balaban J connectivity index is 3.10. The summed E-state index contributed by atoms with van der Waals surface area (Å²) in [5, 5.41) is 9.39. The molecule has 0 aliphatic carbocycles. The lowest BCUT2D eigenvalue weighted by Gasteiger charge is -2.18. The molecule has 0 saturated carbocycles. The first-order chi connectivity index (χ1) is 8.03. The van der Waals surface area contributed by atoms with Crippen LogP contribution in [0.5, 0.6) is 0 Å². The minimum absolute atomic E-state index is 0.313. The van der Waals surface area contributed by atoms with Gasteiger partial charge in [0.15, 0.2) is 0 Å². The van der Waals surface area contributed by atoms with E-state index in [4.69, 9.17) is 5.73 Å². The average Bonchev–Trinajstić information content (AvgIpc) is 2.19. The topological polar surface area (TPSA) is 92.4 Å². The molecule has 1 rings (SSSR count). The number of nitrogen functional groups attached to an aromatic ring is 1. The molecule has 0 bridgehead atoms. The minimum Gasteiger partial charge on any atom is -0.396 e. The van der Waals surface area contributed by atoms with Gasteiger partial charge in [-0.05, 0) is 19.9 Å². The molecule has 5 nitrogen and oxygen atoms in total. The van der Waals surface area contributed by atoms with Gasteiger partial charge >= 0.3 is 0 Å². The third-order valence-electron chi connectivity index (χ3n) is 2.04. The van der Waals surface area contributed by atoms with Crippen LogP contribution < -0.4 is 10.5 Å². The Morgan fingerprint density at radius 2 is 1.89 bits per heavy atom. The van der Waals surface area contributed by atoms with Crippen molar-refractivity contribution < 1.29 is 22.3 Å². The molecule has 0 unspecified atom stereocenters. The molecular weight excluding hydrogens is 266 g/mol. The van der Waals surface area contributed by atoms with Crippen LogP contribution in [0.15, 0.2) is 17.0 Å². The van der Waals surface area contributed by atoms with Crippen molar-refractivity contribution in [2.24, 2.45) is 0 Å². The fourth-order valence-electron chi connectivity index (χ4n) is 1.10. The lowest BCUT2D eigenvalue weighted by atomic mass is 10.1. The minimum atomic E-state index is -4.20. The highest BCUT2D eigenvalue weighted by molar-refractivity contribution is 7.89. The van der Waals surface area contributed by atoms with Gasteiger partial charge in [-0.2, -0.15) is 0 Å². The molecule has 18 heavy (non-hydrogen) atoms. The fraction of sp³-hybridized carbons (Fsp3) is 0.400. The highest BCUT2D eigenvalue weighted by Gasteiger charge is 2.23. The zero-order valence-electron chi connectivity index (χ0n) is 9.87. The number of nitrogens with two attached hydrogens (primary N) is 1. The summed E-state index contributed by atoms with van der Waals surface area (Å²) in [7, 11) is -4.20. The highest BCUT2D eigenvalue weighted by Crippen LogP contribution is 2.20. The fourth-order valence-corrected chi connectivity index (χ4v) is 2.40. The molecule has 0 spiro atoms. The Hall–Kier alpha value is -1.25. The number of aliphatic hydroxyl groups is 1. The summed E-state index contributed by atoms with van der Waals surface area (Å²) in [6.07, 6.45) is 0. The van der Waals surface area contributed by atoms with Gasteiger partial charge in [-0.15, -0.1) is 0 Å². The van der Waals surface area contributed by atoms with Crippen molar-refractivity contribution in [1.82, 2.24) is 4.72 Å². The zero-order chi connectivity index (χ0) is 14.1. The molecule has 0 fully saturated rings. The van der Waals surface area contributed by atoms with Crippen molar-refractivity contribution in [1.29, 1.82) is 0 Å². The van der Waals surface area contributed by atoms with Crippen molar-refractivity contribution in [3.05, 3.63) is 23.8 Å². The van der Waals surface area contributed by atoms with Crippen LogP contribution >= 0.6 is 0 Å². The normalized spacial score (nSPS) is 12.7. The maximum atomic E-state index is 13.4. The van der Waals surface area contributed by atoms with Crippen LogP contribution in [-0.2, 0) is 10.0 Å². The molecular formula is C10H14F2N2O3S. The summed E-state index contributed by atoms with van der Waals surface area (Å²) in [5.41, 5.74) is 3.42. The van der Waals surface area contributed by atoms with Crippen LogP contribution in [0.3, 0.4) is 0 Å². The lowest BCUT2D eigenvalue weighted by molar-refractivity contribution is 0.0857. The van der Waals surface area contributed by atoms with E-state index in [1.165, 1.54) is 13.8 Å². The van der Waals surface area contributed by atoms with Crippen molar-refractivity contribution in [2.45, 2.75) is 24.3 Å². The average molecular weight is 280 g/mol. The molecule has 8 heteroatoms. The third kappa shape index (κ3) is 3.62. The number of benzene rings is 1. The molecule has 0 aliphatic heterocycles. The van der Waals surface area contributed by atoms with Gasteiger partial charge in [0.1, 0.15) is 16.5 Å². The smallest absolute Gasteiger partial charge is 0.243 e. The van der Waals surface area contributed by atoms with Gasteiger partial charge in [0.25, 0.3) is 0 Å². The predicted molar refractivity (Wildman–Crippen MR) is 62.3 cm³/mol. The summed E-state index contributed by atoms with van der Waals surface area (Å²) < 4.78 is 51.7. The first kappa shape index (κ1) is 14.8. The Kier molecular flexibility index (Phi) is 3.94. The Bertz CT molecular complexity index is 553. The van der Waals surface area contributed by atoms with E-state index in [0.717, 1.165) is 0 Å². The maximum Gasteiger partial charge on any atom is 0.243 e. The van der Waals surface area contributed by atoms with Gasteiger partial charge < -0.3 is 10.8 Å². The Labute approximate surface area is 104 Å². The molecule has 102 valence electrons. The molecule has 0 amide bonds. The van der Waals surface area contributed by atoms with E-state index in [9.17, 15) is 22.3 Å². The standard InChI is InChI=1S/C10H14F2N2O3S/c1-10(2,15)5-14-18(16,17)9-4-8(13)6(11)3-7(9)12/h3-4,14-15H,5,13H2,1-2H3. The Morgan fingerprint density at radius 3 is 2.39 bits per heavy atom. The SMILES string of the molecule is CC(C)(O)CNS(=O)(=O)c1cc(N)c(F)cc1F. The summed E-state index contributed by atoms with van der Waals surface area (Å²) in [5.74, 6) is -2.28. The zero-order valence-corrected chi connectivity index (χ0v) is 10.7. The quantitative estimate of drug-likeness (QED) is 0.704. The van der Waals surface area contributed by atoms with E-state index in [0.29, 0.717) is 12.1 Å². The molecule has 0 radical (unpaired) electrons. The molecule has 0 atom stereocenters. The second kappa shape index (κ2) is 4.79.